The summed E-state index contributed by atoms with van der Waals surface area (Å²) in [6.45, 7) is 2.77. The first-order chi connectivity index (χ1) is 45.4. The maximum Gasteiger partial charge on any atom is 0.408 e. The predicted octanol–water partition coefficient (Wildman–Crippen LogP) is -6.39. The smallest absolute Gasteiger partial charge is 0.408 e. The first-order valence-electron chi connectivity index (χ1n) is 30.7. The van der Waals surface area contributed by atoms with E-state index in [1.54, 1.807) is 51.1 Å². The van der Waals surface area contributed by atoms with Crippen LogP contribution in [0.4, 0.5) is 4.79 Å². The highest BCUT2D eigenvalue weighted by molar-refractivity contribution is 8.76. The first kappa shape index (κ1) is 78.1. The van der Waals surface area contributed by atoms with Crippen molar-refractivity contribution in [1.82, 2.24) is 52.8 Å². The minimum absolute atomic E-state index is 0.00171. The molecule has 12 amide bonds. The number of carbonyl (C=O) groups is 12. The number of aromatic hydroxyl groups is 1. The van der Waals surface area contributed by atoms with Gasteiger partial charge in [0.05, 0.1) is 26.2 Å². The number of guanidine groups is 1. The number of phenols is 1. The maximum absolute atomic E-state index is 15.0. The molecule has 2 aromatic carbocycles. The van der Waals surface area contributed by atoms with Crippen molar-refractivity contribution in [3.63, 3.8) is 0 Å². The maximum atomic E-state index is 15.0. The van der Waals surface area contributed by atoms with Crippen LogP contribution in [-0.2, 0) is 79.8 Å². The standard InChI is InChI=1S/C59H87N15O20S2/c1-59(2,3)94-58(91)73-38-28-95-96-29-39(55(90)74-21-8-12-40(74)54(89)68-33(11-7-19-65-57(62)63)48(83)66-26-44(79)64-20-22-92-56-47(82)46(81)45(80)41(27-75)93-56)72-52(87)37(25-43(61)78)71-49(84)34(17-18-42(60)77)67-50(85)35(23-30-9-5-4-6-10-30)69-51(86)36(70-53(38)88)24-31-13-15-32(76)16-14-31/h4-6,9-10,13-16,33-41,45-47,56,75-76,80-82H,7-8,11-12,17-29H2,1-3H3,(H2,60,77)(H2,61,78)(H,64,79)(H,66,83)(H,67,85)(H,68,89)(H,69,86)(H,70,88)(H,71,84)(H,72,87)(H,73,91)(H4,62,63,65)/t33-,34-,35-,36-,37-,38-,39-,40-,41+,45-,46-,47+,56+/m0/s1. The molecule has 0 unspecified atom stereocenters. The largest absolute Gasteiger partial charge is 0.508 e. The van der Waals surface area contributed by atoms with E-state index in [2.05, 4.69) is 52.8 Å². The molecule has 96 heavy (non-hydrogen) atoms. The number of hydrogen-bond acceptors (Lipinski definition) is 23. The molecule has 0 bridgehead atoms. The molecule has 37 heteroatoms. The zero-order valence-corrected chi connectivity index (χ0v) is 54.7. The number of ether oxygens (including phenoxy) is 3. The summed E-state index contributed by atoms with van der Waals surface area (Å²) in [5.41, 5.74) is 22.0. The van der Waals surface area contributed by atoms with Gasteiger partial charge in [-0.05, 0) is 76.1 Å². The fourth-order valence-electron chi connectivity index (χ4n) is 9.97. The van der Waals surface area contributed by atoms with Crippen molar-refractivity contribution in [3.8, 4) is 5.75 Å². The van der Waals surface area contributed by atoms with Gasteiger partial charge >= 0.3 is 6.09 Å². The topological polar surface area (TPSA) is 562 Å². The molecule has 0 spiro atoms. The van der Waals surface area contributed by atoms with Gasteiger partial charge in [0.25, 0.3) is 0 Å². The molecule has 22 N–H and O–H groups in total. The molecule has 530 valence electrons. The second kappa shape index (κ2) is 38.2. The number of nitrogens with one attached hydrogen (secondary N) is 9. The van der Waals surface area contributed by atoms with Crippen molar-refractivity contribution < 1.29 is 97.3 Å². The van der Waals surface area contributed by atoms with Crippen LogP contribution in [0.2, 0.25) is 0 Å². The fraction of sp³-hybridized carbons (Fsp3) is 0.576. The molecule has 35 nitrogen and oxygen atoms in total. The lowest BCUT2D eigenvalue weighted by molar-refractivity contribution is -0.300. The van der Waals surface area contributed by atoms with E-state index < -0.39 is 194 Å². The van der Waals surface area contributed by atoms with Crippen LogP contribution in [0.25, 0.3) is 0 Å². The number of benzene rings is 2. The van der Waals surface area contributed by atoms with Crippen molar-refractivity contribution in [3.05, 3.63) is 65.7 Å². The molecule has 5 rings (SSSR count). The molecule has 13 atom stereocenters. The van der Waals surface area contributed by atoms with Crippen molar-refractivity contribution in [1.29, 1.82) is 0 Å². The fourth-order valence-corrected chi connectivity index (χ4v) is 12.3. The minimum Gasteiger partial charge on any atom is -0.508 e. The van der Waals surface area contributed by atoms with Crippen LogP contribution in [0, 0.1) is 0 Å². The summed E-state index contributed by atoms with van der Waals surface area (Å²) >= 11 is 0. The number of likely N-dealkylation sites (tertiary alicyclic amines) is 1. The third-order valence-corrected chi connectivity index (χ3v) is 17.3. The Bertz CT molecular complexity index is 3060. The van der Waals surface area contributed by atoms with Gasteiger partial charge in [-0.2, -0.15) is 0 Å². The number of nitrogens with zero attached hydrogens (tertiary/aromatic N) is 2. The predicted molar refractivity (Wildman–Crippen MR) is 344 cm³/mol. The lowest BCUT2D eigenvalue weighted by atomic mass is 9.99. The first-order valence-corrected chi connectivity index (χ1v) is 33.2. The van der Waals surface area contributed by atoms with E-state index in [0.29, 0.717) is 11.1 Å². The number of phenolic OH excluding ortho intramolecular Hbond substituents is 1. The van der Waals surface area contributed by atoms with Gasteiger partial charge in [-0.1, -0.05) is 64.1 Å². The Hall–Kier alpha value is -8.59. The van der Waals surface area contributed by atoms with E-state index in [0.717, 1.165) is 26.5 Å². The van der Waals surface area contributed by atoms with Crippen molar-refractivity contribution in [2.45, 2.75) is 163 Å². The Morgan fingerprint density at radius 2 is 1.35 bits per heavy atom. The highest BCUT2D eigenvalue weighted by atomic mass is 33.1. The normalized spacial score (nSPS) is 25.2. The van der Waals surface area contributed by atoms with E-state index in [-0.39, 0.29) is 82.2 Å². The van der Waals surface area contributed by atoms with Gasteiger partial charge in [0.1, 0.15) is 84.1 Å². The van der Waals surface area contributed by atoms with Gasteiger partial charge in [-0.15, -0.1) is 0 Å². The number of aliphatic hydroxyl groups excluding tert-OH is 4. The third-order valence-electron chi connectivity index (χ3n) is 14.8. The Balaban J connectivity index is 1.46. The number of nitrogens with two attached hydrogens (primary N) is 4. The van der Waals surface area contributed by atoms with E-state index in [4.69, 9.17) is 37.1 Å². The minimum atomic E-state index is -1.89. The summed E-state index contributed by atoms with van der Waals surface area (Å²) in [5.74, 6) is -11.7. The Labute approximate surface area is 559 Å². The van der Waals surface area contributed by atoms with Crippen molar-refractivity contribution in [2.75, 3.05) is 50.9 Å². The van der Waals surface area contributed by atoms with Crippen LogP contribution in [0.5, 0.6) is 5.75 Å². The van der Waals surface area contributed by atoms with Gasteiger partial charge in [0.15, 0.2) is 12.2 Å². The van der Waals surface area contributed by atoms with Gasteiger partial charge in [-0.3, -0.25) is 57.7 Å². The summed E-state index contributed by atoms with van der Waals surface area (Å²) in [6.07, 6.45) is -11.0. The number of hydrogen-bond donors (Lipinski definition) is 18. The highest BCUT2D eigenvalue weighted by Gasteiger charge is 2.45. The molecular weight excluding hydrogens is 1300 g/mol. The molecule has 2 aromatic rings. The molecule has 3 aliphatic rings. The van der Waals surface area contributed by atoms with Crippen molar-refractivity contribution in [2.24, 2.45) is 27.9 Å². The number of rotatable bonds is 25. The molecule has 3 fully saturated rings. The van der Waals surface area contributed by atoms with Crippen LogP contribution in [0.3, 0.4) is 0 Å². The number of aliphatic imine (C=N–C) groups is 1. The number of primary amides is 2. The summed E-state index contributed by atoms with van der Waals surface area (Å²) < 4.78 is 16.2. The summed E-state index contributed by atoms with van der Waals surface area (Å²) in [4.78, 5) is 172. The SMILES string of the molecule is CC(C)(C)OC(=O)N[C@H]1CSSC[C@@H](C(=O)N2CCC[C@H]2C(=O)N[C@@H](CCCN=C(N)N)C(=O)NCC(=O)NCCO[C@@H]2O[C@H](CO)[C@H](O)[C@H](O)[C@H]2O)NC(=O)[C@H](CC(N)=O)NC(=O)[C@H](CCC(N)=O)NC(=O)[C@H](Cc2ccccc2)NC(=O)[C@H](Cc2ccc(O)cc2)NC1=O. The molecule has 3 aliphatic heterocycles. The van der Waals surface area contributed by atoms with E-state index in [1.807, 2.05) is 0 Å². The second-order valence-corrected chi connectivity index (χ2v) is 26.2. The molecular formula is C59H87N15O20S2. The zero-order chi connectivity index (χ0) is 70.8. The molecule has 0 aromatic heterocycles. The van der Waals surface area contributed by atoms with Gasteiger partial charge in [0, 0.05) is 50.4 Å². The number of carbonyl (C=O) groups excluding carboxylic acids is 12. The Morgan fingerprint density at radius 1 is 0.750 bits per heavy atom. The summed E-state index contributed by atoms with van der Waals surface area (Å²) in [5, 5.41) is 72.7. The molecule has 3 heterocycles. The lowest BCUT2D eigenvalue weighted by Gasteiger charge is -2.39. The van der Waals surface area contributed by atoms with E-state index in [9.17, 15) is 78.3 Å². The molecule has 0 radical (unpaired) electrons. The Morgan fingerprint density at radius 3 is 1.98 bits per heavy atom. The second-order valence-electron chi connectivity index (χ2n) is 23.6. The Kier molecular flexibility index (Phi) is 31.1. The van der Waals surface area contributed by atoms with Crippen LogP contribution < -0.4 is 70.8 Å². The van der Waals surface area contributed by atoms with Gasteiger partial charge in [-0.25, -0.2) is 4.79 Å². The average Bonchev–Trinajstić information content (AvgIpc) is 1.63. The van der Waals surface area contributed by atoms with E-state index >= 15 is 4.79 Å². The zero-order valence-electron chi connectivity index (χ0n) is 53.1. The van der Waals surface area contributed by atoms with Crippen molar-refractivity contribution >= 4 is 98.6 Å². The number of aliphatic hydroxyl groups is 4. The van der Waals surface area contributed by atoms with Gasteiger partial charge in [0.2, 0.25) is 65.0 Å². The van der Waals surface area contributed by atoms with Crippen LogP contribution in [0.15, 0.2) is 59.6 Å². The molecule has 0 saturated carbocycles. The average molecular weight is 1390 g/mol. The van der Waals surface area contributed by atoms with Crippen LogP contribution in [0.1, 0.15) is 76.8 Å². The monoisotopic (exact) mass is 1390 g/mol. The lowest BCUT2D eigenvalue weighted by Crippen LogP contribution is -2.61. The summed E-state index contributed by atoms with van der Waals surface area (Å²) in [7, 11) is 1.78. The van der Waals surface area contributed by atoms with Crippen LogP contribution in [-0.4, -0.2) is 243 Å². The van der Waals surface area contributed by atoms with Crippen LogP contribution >= 0.6 is 21.6 Å². The third kappa shape index (κ3) is 25.9. The number of amides is 12. The quantitative estimate of drug-likeness (QED) is 0.0190. The highest BCUT2D eigenvalue weighted by Crippen LogP contribution is 2.27. The number of alkyl carbamates (subject to hydrolysis) is 1. The summed E-state index contributed by atoms with van der Waals surface area (Å²) in [6, 6.07) is 1.38. The van der Waals surface area contributed by atoms with Gasteiger partial charge < -0.3 is 115 Å². The molecule has 3 saturated heterocycles. The molecule has 0 aliphatic carbocycles. The van der Waals surface area contributed by atoms with E-state index in [1.165, 1.54) is 24.3 Å².